The molecule has 1 amide bonds. The van der Waals surface area contributed by atoms with Crippen molar-refractivity contribution in [2.45, 2.75) is 25.2 Å². The number of rotatable bonds is 7. The van der Waals surface area contributed by atoms with E-state index in [9.17, 15) is 13.2 Å². The first-order valence-corrected chi connectivity index (χ1v) is 10.5. The van der Waals surface area contributed by atoms with Gasteiger partial charge in [-0.25, -0.2) is 8.42 Å². The lowest BCUT2D eigenvalue weighted by Gasteiger charge is -2.18. The Labute approximate surface area is 165 Å². The van der Waals surface area contributed by atoms with E-state index in [4.69, 9.17) is 9.47 Å². The van der Waals surface area contributed by atoms with Crippen LogP contribution in [0.25, 0.3) is 0 Å². The van der Waals surface area contributed by atoms with Gasteiger partial charge in [-0.3, -0.25) is 9.52 Å². The Morgan fingerprint density at radius 2 is 2.00 bits per heavy atom. The molecule has 0 fully saturated rings. The lowest BCUT2D eigenvalue weighted by Crippen LogP contribution is -2.32. The largest absolute Gasteiger partial charge is 0.494 e. The van der Waals surface area contributed by atoms with Crippen molar-refractivity contribution < 1.29 is 22.7 Å². The molecule has 0 radical (unpaired) electrons. The third-order valence-electron chi connectivity index (χ3n) is 4.56. The van der Waals surface area contributed by atoms with E-state index >= 15 is 0 Å². The maximum Gasteiger partial charge on any atom is 0.261 e. The Morgan fingerprint density at radius 1 is 1.21 bits per heavy atom. The summed E-state index contributed by atoms with van der Waals surface area (Å²) < 4.78 is 38.6. The molecule has 28 heavy (non-hydrogen) atoms. The number of anilines is 2. The van der Waals surface area contributed by atoms with Gasteiger partial charge in [0.1, 0.15) is 12.4 Å². The standard InChI is InChI=1S/C20H24N2O5S/c1-4-27-19-8-7-17(11-14(19)2)28(24,25)21-16-6-5-15-9-10-22(18(15)12-16)20(23)13-26-3/h5-8,11-12,21H,4,9-10,13H2,1-3H3. The number of hydrogen-bond acceptors (Lipinski definition) is 5. The zero-order valence-corrected chi connectivity index (χ0v) is 17.0. The van der Waals surface area contributed by atoms with Crippen molar-refractivity contribution in [3.8, 4) is 5.75 Å². The van der Waals surface area contributed by atoms with E-state index < -0.39 is 10.0 Å². The number of carbonyl (C=O) groups is 1. The number of benzene rings is 2. The number of nitrogens with one attached hydrogen (secondary N) is 1. The molecule has 8 heteroatoms. The predicted molar refractivity (Wildman–Crippen MR) is 108 cm³/mol. The first-order chi connectivity index (χ1) is 13.4. The molecule has 0 bridgehead atoms. The molecule has 1 aliphatic heterocycles. The van der Waals surface area contributed by atoms with Crippen LogP contribution in [0.4, 0.5) is 11.4 Å². The van der Waals surface area contributed by atoms with Crippen molar-refractivity contribution in [2.75, 3.05) is 36.5 Å². The molecule has 7 nitrogen and oxygen atoms in total. The maximum atomic E-state index is 12.8. The minimum absolute atomic E-state index is 0.0130. The summed E-state index contributed by atoms with van der Waals surface area (Å²) in [4.78, 5) is 14.0. The summed E-state index contributed by atoms with van der Waals surface area (Å²) in [5, 5.41) is 0. The van der Waals surface area contributed by atoms with Crippen LogP contribution in [0.1, 0.15) is 18.1 Å². The van der Waals surface area contributed by atoms with E-state index in [-0.39, 0.29) is 17.4 Å². The molecule has 0 aliphatic carbocycles. The number of methoxy groups -OCH3 is 1. The van der Waals surface area contributed by atoms with Gasteiger partial charge in [-0.1, -0.05) is 6.07 Å². The molecule has 1 N–H and O–H groups in total. The number of sulfonamides is 1. The van der Waals surface area contributed by atoms with Crippen molar-refractivity contribution in [1.29, 1.82) is 0 Å². The minimum Gasteiger partial charge on any atom is -0.494 e. The van der Waals surface area contributed by atoms with E-state index in [0.29, 0.717) is 30.3 Å². The lowest BCUT2D eigenvalue weighted by molar-refractivity contribution is -0.122. The second-order valence-electron chi connectivity index (χ2n) is 6.54. The van der Waals surface area contributed by atoms with Gasteiger partial charge >= 0.3 is 0 Å². The third-order valence-corrected chi connectivity index (χ3v) is 5.94. The van der Waals surface area contributed by atoms with Gasteiger partial charge in [0.25, 0.3) is 15.9 Å². The Hall–Kier alpha value is -2.58. The van der Waals surface area contributed by atoms with Crippen molar-refractivity contribution in [3.63, 3.8) is 0 Å². The molecule has 150 valence electrons. The number of carbonyl (C=O) groups excluding carboxylic acids is 1. The fourth-order valence-electron chi connectivity index (χ4n) is 3.22. The molecule has 0 saturated heterocycles. The summed E-state index contributed by atoms with van der Waals surface area (Å²) in [6, 6.07) is 9.99. The van der Waals surface area contributed by atoms with Crippen molar-refractivity contribution in [3.05, 3.63) is 47.5 Å². The van der Waals surface area contributed by atoms with Gasteiger partial charge in [-0.2, -0.15) is 0 Å². The molecule has 1 heterocycles. The second-order valence-corrected chi connectivity index (χ2v) is 8.22. The van der Waals surface area contributed by atoms with Gasteiger partial charge in [0.05, 0.1) is 17.2 Å². The molecule has 0 aromatic heterocycles. The summed E-state index contributed by atoms with van der Waals surface area (Å²) in [6.07, 6.45) is 0.732. The predicted octanol–water partition coefficient (Wildman–Crippen LogP) is 2.73. The van der Waals surface area contributed by atoms with Crippen LogP contribution in [0, 0.1) is 6.92 Å². The fraction of sp³-hybridized carbons (Fsp3) is 0.350. The minimum atomic E-state index is -3.77. The molecule has 1 aliphatic rings. The van der Waals surface area contributed by atoms with Crippen LogP contribution < -0.4 is 14.4 Å². The second kappa shape index (κ2) is 8.20. The fourth-order valence-corrected chi connectivity index (χ4v) is 4.36. The highest BCUT2D eigenvalue weighted by Gasteiger charge is 2.25. The molecule has 2 aromatic carbocycles. The first-order valence-electron chi connectivity index (χ1n) is 9.04. The number of aryl methyl sites for hydroxylation is 1. The van der Waals surface area contributed by atoms with Gasteiger partial charge < -0.3 is 14.4 Å². The molecular formula is C20H24N2O5S. The first kappa shape index (κ1) is 20.2. The monoisotopic (exact) mass is 404 g/mol. The zero-order valence-electron chi connectivity index (χ0n) is 16.2. The highest BCUT2D eigenvalue weighted by molar-refractivity contribution is 7.92. The van der Waals surface area contributed by atoms with Gasteiger partial charge in [0.15, 0.2) is 0 Å². The van der Waals surface area contributed by atoms with E-state index in [1.807, 2.05) is 13.0 Å². The molecule has 2 aromatic rings. The Bertz CT molecular complexity index is 988. The summed E-state index contributed by atoms with van der Waals surface area (Å²) in [6.45, 7) is 4.74. The normalized spacial score (nSPS) is 13.3. The maximum absolute atomic E-state index is 12.8. The average Bonchev–Trinajstić information content (AvgIpc) is 3.06. The zero-order chi connectivity index (χ0) is 20.3. The van der Waals surface area contributed by atoms with Crippen molar-refractivity contribution >= 4 is 27.3 Å². The molecule has 0 spiro atoms. The van der Waals surface area contributed by atoms with E-state index in [2.05, 4.69) is 4.72 Å². The van der Waals surface area contributed by atoms with Crippen LogP contribution in [0.15, 0.2) is 41.3 Å². The number of amides is 1. The number of hydrogen-bond donors (Lipinski definition) is 1. The summed E-state index contributed by atoms with van der Waals surface area (Å²) in [5.41, 5.74) is 2.87. The van der Waals surface area contributed by atoms with Crippen molar-refractivity contribution in [1.82, 2.24) is 0 Å². The smallest absolute Gasteiger partial charge is 0.261 e. The highest BCUT2D eigenvalue weighted by atomic mass is 32.2. The number of ether oxygens (including phenoxy) is 2. The van der Waals surface area contributed by atoms with Crippen LogP contribution in [0.3, 0.4) is 0 Å². The van der Waals surface area contributed by atoms with E-state index in [1.54, 1.807) is 36.1 Å². The average molecular weight is 404 g/mol. The SMILES string of the molecule is CCOc1ccc(S(=O)(=O)Nc2ccc3c(c2)N(C(=O)COC)CC3)cc1C. The van der Waals surface area contributed by atoms with Crippen LogP contribution in [0.5, 0.6) is 5.75 Å². The summed E-state index contributed by atoms with van der Waals surface area (Å²) in [5.74, 6) is 0.509. The Morgan fingerprint density at radius 3 is 2.68 bits per heavy atom. The molecule has 0 saturated carbocycles. The molecule has 3 rings (SSSR count). The Kier molecular flexibility index (Phi) is 5.90. The number of fused-ring (bicyclic) bond motifs is 1. The van der Waals surface area contributed by atoms with E-state index in [0.717, 1.165) is 17.5 Å². The van der Waals surface area contributed by atoms with Crippen molar-refractivity contribution in [2.24, 2.45) is 0 Å². The summed E-state index contributed by atoms with van der Waals surface area (Å²) >= 11 is 0. The summed E-state index contributed by atoms with van der Waals surface area (Å²) in [7, 11) is -2.30. The van der Waals surface area contributed by atoms with Gasteiger partial charge in [-0.15, -0.1) is 0 Å². The van der Waals surface area contributed by atoms with Crippen LogP contribution >= 0.6 is 0 Å². The molecular weight excluding hydrogens is 380 g/mol. The quantitative estimate of drug-likeness (QED) is 0.767. The van der Waals surface area contributed by atoms with Crippen LogP contribution in [-0.2, 0) is 26.0 Å². The third kappa shape index (κ3) is 4.13. The van der Waals surface area contributed by atoms with Gasteiger partial charge in [0, 0.05) is 19.3 Å². The topological polar surface area (TPSA) is 84.9 Å². The lowest BCUT2D eigenvalue weighted by atomic mass is 10.1. The Balaban J connectivity index is 1.85. The molecule has 0 unspecified atom stereocenters. The van der Waals surface area contributed by atoms with E-state index in [1.165, 1.54) is 13.2 Å². The number of nitrogens with zero attached hydrogens (tertiary/aromatic N) is 1. The van der Waals surface area contributed by atoms with Gasteiger partial charge in [-0.05, 0) is 61.7 Å². The van der Waals surface area contributed by atoms with Crippen LogP contribution in [-0.4, -0.2) is 41.2 Å². The highest BCUT2D eigenvalue weighted by Crippen LogP contribution is 2.32. The van der Waals surface area contributed by atoms with Crippen LogP contribution in [0.2, 0.25) is 0 Å². The van der Waals surface area contributed by atoms with Gasteiger partial charge in [0.2, 0.25) is 0 Å². The molecule has 0 atom stereocenters.